The van der Waals surface area contributed by atoms with Gasteiger partial charge < -0.3 is 16.4 Å². The summed E-state index contributed by atoms with van der Waals surface area (Å²) in [4.78, 5) is 0. The Morgan fingerprint density at radius 1 is 1.00 bits per heavy atom. The Morgan fingerprint density at radius 2 is 1.82 bits per heavy atom. The van der Waals surface area contributed by atoms with Crippen molar-refractivity contribution in [1.29, 1.82) is 0 Å². The number of unbranched alkanes of at least 4 members (excludes halogenated alkanes) is 2. The first-order chi connectivity index (χ1) is 5.41. The van der Waals surface area contributed by atoms with Crippen LogP contribution in [0.1, 0.15) is 19.3 Å². The van der Waals surface area contributed by atoms with Crippen LogP contribution in [0.25, 0.3) is 0 Å². The van der Waals surface area contributed by atoms with Gasteiger partial charge in [-0.3, -0.25) is 0 Å². The van der Waals surface area contributed by atoms with Crippen LogP contribution >= 0.6 is 0 Å². The van der Waals surface area contributed by atoms with E-state index < -0.39 is 0 Å². The minimum absolute atomic E-state index is 0.830. The topological polar surface area (TPSA) is 50.1 Å². The number of hydrogen-bond acceptors (Lipinski definition) is 3. The van der Waals surface area contributed by atoms with Crippen LogP contribution in [-0.4, -0.2) is 33.2 Å². The van der Waals surface area contributed by atoms with E-state index in [1.807, 2.05) is 7.05 Å². The van der Waals surface area contributed by atoms with E-state index >= 15 is 0 Å². The van der Waals surface area contributed by atoms with E-state index in [0.717, 1.165) is 32.6 Å². The van der Waals surface area contributed by atoms with Gasteiger partial charge in [0.1, 0.15) is 0 Å². The average Bonchev–Trinajstić information content (AvgIpc) is 2.03. The van der Waals surface area contributed by atoms with Crippen LogP contribution < -0.4 is 16.4 Å². The van der Waals surface area contributed by atoms with Crippen LogP contribution in [0.15, 0.2) is 0 Å². The van der Waals surface area contributed by atoms with E-state index in [1.165, 1.54) is 12.8 Å². The predicted octanol–water partition coefficient (Wildman–Crippen LogP) is -0.0756. The van der Waals surface area contributed by atoms with Gasteiger partial charge in [0.25, 0.3) is 0 Å². The summed E-state index contributed by atoms with van der Waals surface area (Å²) in [5.41, 5.74) is 5.36. The predicted molar refractivity (Wildman–Crippen MR) is 49.7 cm³/mol. The van der Waals surface area contributed by atoms with Crippen molar-refractivity contribution in [2.45, 2.75) is 19.3 Å². The summed E-state index contributed by atoms with van der Waals surface area (Å²) in [6.07, 6.45) is 3.66. The van der Waals surface area contributed by atoms with E-state index in [2.05, 4.69) is 10.6 Å². The monoisotopic (exact) mass is 159 g/mol. The van der Waals surface area contributed by atoms with Gasteiger partial charge in [0, 0.05) is 13.1 Å². The van der Waals surface area contributed by atoms with Gasteiger partial charge in [0.2, 0.25) is 0 Å². The molecule has 0 aliphatic rings. The molecule has 4 N–H and O–H groups in total. The molecule has 0 bridgehead atoms. The summed E-state index contributed by atoms with van der Waals surface area (Å²) in [5, 5.41) is 6.43. The normalized spacial score (nSPS) is 10.4. The molecule has 0 atom stereocenters. The molecular formula is C8H21N3. The van der Waals surface area contributed by atoms with Gasteiger partial charge in [-0.25, -0.2) is 0 Å². The lowest BCUT2D eigenvalue weighted by atomic mass is 10.2. The highest BCUT2D eigenvalue weighted by Crippen LogP contribution is 1.90. The average molecular weight is 159 g/mol. The maximum Gasteiger partial charge on any atom is 0.00766 e. The van der Waals surface area contributed by atoms with Crippen molar-refractivity contribution in [2.75, 3.05) is 33.2 Å². The van der Waals surface area contributed by atoms with Gasteiger partial charge in [-0.05, 0) is 33.0 Å². The Morgan fingerprint density at radius 3 is 2.45 bits per heavy atom. The highest BCUT2D eigenvalue weighted by molar-refractivity contribution is 4.50. The molecule has 3 nitrogen and oxygen atoms in total. The van der Waals surface area contributed by atoms with Crippen molar-refractivity contribution >= 4 is 0 Å². The third-order valence-corrected chi connectivity index (χ3v) is 1.61. The fourth-order valence-corrected chi connectivity index (χ4v) is 0.910. The second kappa shape index (κ2) is 9.88. The Hall–Kier alpha value is -0.120. The highest BCUT2D eigenvalue weighted by atomic mass is 14.9. The second-order valence-electron chi connectivity index (χ2n) is 2.70. The van der Waals surface area contributed by atoms with E-state index in [0.29, 0.717) is 0 Å². The van der Waals surface area contributed by atoms with Gasteiger partial charge in [-0.1, -0.05) is 6.42 Å². The SMILES string of the molecule is CNCCNCCCCCN. The van der Waals surface area contributed by atoms with Crippen molar-refractivity contribution in [3.8, 4) is 0 Å². The highest BCUT2D eigenvalue weighted by Gasteiger charge is 1.86. The lowest BCUT2D eigenvalue weighted by molar-refractivity contribution is 0.594. The summed E-state index contributed by atoms with van der Waals surface area (Å²) >= 11 is 0. The Bertz CT molecular complexity index is 58.4. The van der Waals surface area contributed by atoms with Gasteiger partial charge in [-0.15, -0.1) is 0 Å². The van der Waals surface area contributed by atoms with E-state index in [4.69, 9.17) is 5.73 Å². The zero-order chi connectivity index (χ0) is 8.36. The van der Waals surface area contributed by atoms with E-state index in [1.54, 1.807) is 0 Å². The first-order valence-electron chi connectivity index (χ1n) is 4.47. The van der Waals surface area contributed by atoms with E-state index in [9.17, 15) is 0 Å². The molecule has 0 radical (unpaired) electrons. The zero-order valence-electron chi connectivity index (χ0n) is 7.53. The summed E-state index contributed by atoms with van der Waals surface area (Å²) in [6, 6.07) is 0. The fourth-order valence-electron chi connectivity index (χ4n) is 0.910. The molecule has 11 heavy (non-hydrogen) atoms. The summed E-state index contributed by atoms with van der Waals surface area (Å²) in [7, 11) is 1.97. The standard InChI is InChI=1S/C8H21N3/c1-10-7-8-11-6-4-2-3-5-9/h10-11H,2-9H2,1H3. The van der Waals surface area contributed by atoms with Gasteiger partial charge in [0.05, 0.1) is 0 Å². The molecule has 0 unspecified atom stereocenters. The van der Waals surface area contributed by atoms with Crippen LogP contribution in [0, 0.1) is 0 Å². The van der Waals surface area contributed by atoms with Crippen molar-refractivity contribution in [3.05, 3.63) is 0 Å². The van der Waals surface area contributed by atoms with Crippen LogP contribution in [0.5, 0.6) is 0 Å². The zero-order valence-corrected chi connectivity index (χ0v) is 7.53. The van der Waals surface area contributed by atoms with Crippen LogP contribution in [0.3, 0.4) is 0 Å². The molecule has 0 rings (SSSR count). The van der Waals surface area contributed by atoms with Gasteiger partial charge in [-0.2, -0.15) is 0 Å². The number of likely N-dealkylation sites (N-methyl/N-ethyl adjacent to an activating group) is 1. The fraction of sp³-hybridized carbons (Fsp3) is 1.00. The largest absolute Gasteiger partial charge is 0.330 e. The van der Waals surface area contributed by atoms with Crippen molar-refractivity contribution in [2.24, 2.45) is 5.73 Å². The van der Waals surface area contributed by atoms with Crippen molar-refractivity contribution in [3.63, 3.8) is 0 Å². The maximum atomic E-state index is 5.36. The third-order valence-electron chi connectivity index (χ3n) is 1.61. The van der Waals surface area contributed by atoms with Crippen molar-refractivity contribution < 1.29 is 0 Å². The van der Waals surface area contributed by atoms with Crippen LogP contribution in [0.2, 0.25) is 0 Å². The molecule has 0 amide bonds. The Kier molecular flexibility index (Phi) is 9.77. The number of hydrogen-bond donors (Lipinski definition) is 3. The second-order valence-corrected chi connectivity index (χ2v) is 2.70. The minimum Gasteiger partial charge on any atom is -0.330 e. The van der Waals surface area contributed by atoms with Crippen LogP contribution in [0.4, 0.5) is 0 Å². The molecule has 0 fully saturated rings. The molecule has 68 valence electrons. The first kappa shape index (κ1) is 10.9. The maximum absolute atomic E-state index is 5.36. The van der Waals surface area contributed by atoms with E-state index in [-0.39, 0.29) is 0 Å². The smallest absolute Gasteiger partial charge is 0.00766 e. The number of rotatable bonds is 8. The lowest BCUT2D eigenvalue weighted by Crippen LogP contribution is -2.25. The van der Waals surface area contributed by atoms with Gasteiger partial charge >= 0.3 is 0 Å². The Balaban J connectivity index is 2.69. The molecule has 0 saturated carbocycles. The molecule has 0 saturated heterocycles. The summed E-state index contributed by atoms with van der Waals surface area (Å²) in [5.74, 6) is 0. The number of nitrogens with two attached hydrogens (primary N) is 1. The molecular weight excluding hydrogens is 138 g/mol. The molecule has 0 aromatic heterocycles. The van der Waals surface area contributed by atoms with Gasteiger partial charge in [0.15, 0.2) is 0 Å². The molecule has 0 heterocycles. The molecule has 0 aromatic rings. The molecule has 0 spiro atoms. The first-order valence-corrected chi connectivity index (χ1v) is 4.47. The molecule has 0 aromatic carbocycles. The van der Waals surface area contributed by atoms with Crippen molar-refractivity contribution in [1.82, 2.24) is 10.6 Å². The lowest BCUT2D eigenvalue weighted by Gasteiger charge is -2.02. The minimum atomic E-state index is 0.830. The quantitative estimate of drug-likeness (QED) is 0.434. The Labute approximate surface area is 69.7 Å². The third kappa shape index (κ3) is 9.88. The number of nitrogens with one attached hydrogen (secondary N) is 2. The molecule has 0 aliphatic carbocycles. The molecule has 0 aliphatic heterocycles. The summed E-state index contributed by atoms with van der Waals surface area (Å²) in [6.45, 7) is 4.08. The van der Waals surface area contributed by atoms with Crippen LogP contribution in [-0.2, 0) is 0 Å². The molecule has 3 heteroatoms. The summed E-state index contributed by atoms with van der Waals surface area (Å²) < 4.78 is 0.